The average Bonchev–Trinajstić information content (AvgIpc) is 2.62. The van der Waals surface area contributed by atoms with Crippen molar-refractivity contribution in [2.75, 3.05) is 13.2 Å². The van der Waals surface area contributed by atoms with E-state index < -0.39 is 0 Å². The molecule has 0 spiro atoms. The van der Waals surface area contributed by atoms with Crippen LogP contribution in [0.3, 0.4) is 0 Å². The number of benzene rings is 1. The molecular weight excluding hydrogens is 202 g/mol. The van der Waals surface area contributed by atoms with E-state index in [4.69, 9.17) is 4.74 Å². The highest BCUT2D eigenvalue weighted by molar-refractivity contribution is 5.91. The number of nitrogens with one attached hydrogen (secondary N) is 1. The molecule has 0 bridgehead atoms. The third-order valence-electron chi connectivity index (χ3n) is 2.72. The summed E-state index contributed by atoms with van der Waals surface area (Å²) in [5, 5.41) is 3.30. The van der Waals surface area contributed by atoms with E-state index in [2.05, 4.69) is 17.4 Å². The zero-order valence-corrected chi connectivity index (χ0v) is 9.32. The van der Waals surface area contributed by atoms with E-state index in [9.17, 15) is 4.79 Å². The zero-order valence-electron chi connectivity index (χ0n) is 9.32. The molecule has 1 aliphatic rings. The summed E-state index contributed by atoms with van der Waals surface area (Å²) < 4.78 is 4.93. The van der Waals surface area contributed by atoms with Crippen molar-refractivity contribution in [1.82, 2.24) is 5.32 Å². The number of carbonyl (C=O) groups is 1. The number of hydrogen-bond acceptors (Lipinski definition) is 3. The largest absolute Gasteiger partial charge is 0.458 e. The lowest BCUT2D eigenvalue weighted by atomic mass is 10.1. The van der Waals surface area contributed by atoms with E-state index in [1.807, 2.05) is 25.1 Å². The molecule has 3 nitrogen and oxygen atoms in total. The Kier molecular flexibility index (Phi) is 3.37. The Balaban J connectivity index is 1.83. The third-order valence-corrected chi connectivity index (χ3v) is 2.72. The average molecular weight is 217 g/mol. The number of ether oxygens (including phenoxy) is 1. The van der Waals surface area contributed by atoms with Crippen LogP contribution in [0.15, 0.2) is 41.5 Å². The second kappa shape index (κ2) is 4.94. The van der Waals surface area contributed by atoms with Crippen molar-refractivity contribution in [3.63, 3.8) is 0 Å². The maximum absolute atomic E-state index is 11.1. The van der Waals surface area contributed by atoms with Crippen LogP contribution in [0.2, 0.25) is 0 Å². The normalized spacial score (nSPS) is 15.4. The van der Waals surface area contributed by atoms with Crippen molar-refractivity contribution in [3.05, 3.63) is 47.0 Å². The van der Waals surface area contributed by atoms with Gasteiger partial charge < -0.3 is 10.1 Å². The van der Waals surface area contributed by atoms with Gasteiger partial charge in [-0.3, -0.25) is 0 Å². The van der Waals surface area contributed by atoms with E-state index >= 15 is 0 Å². The van der Waals surface area contributed by atoms with E-state index in [1.165, 1.54) is 5.56 Å². The maximum atomic E-state index is 11.1. The SMILES string of the molecule is CC1=C(CNCc2ccccc2)COC1=O. The molecule has 0 atom stereocenters. The van der Waals surface area contributed by atoms with Crippen LogP contribution >= 0.6 is 0 Å². The third kappa shape index (κ3) is 2.49. The fourth-order valence-electron chi connectivity index (χ4n) is 1.65. The van der Waals surface area contributed by atoms with Crippen LogP contribution < -0.4 is 5.32 Å². The van der Waals surface area contributed by atoms with Crippen molar-refractivity contribution in [2.24, 2.45) is 0 Å². The summed E-state index contributed by atoms with van der Waals surface area (Å²) in [4.78, 5) is 11.1. The standard InChI is InChI=1S/C13H15NO2/c1-10-12(9-16-13(10)15)8-14-7-11-5-3-2-4-6-11/h2-6,14H,7-9H2,1H3. The molecule has 0 unspecified atom stereocenters. The van der Waals surface area contributed by atoms with Gasteiger partial charge in [0.15, 0.2) is 0 Å². The molecule has 3 heteroatoms. The van der Waals surface area contributed by atoms with Crippen molar-refractivity contribution in [3.8, 4) is 0 Å². The first-order chi connectivity index (χ1) is 7.77. The van der Waals surface area contributed by atoms with Gasteiger partial charge in [0.1, 0.15) is 6.61 Å². The molecule has 1 heterocycles. The highest BCUT2D eigenvalue weighted by Gasteiger charge is 2.19. The minimum atomic E-state index is -0.184. The van der Waals surface area contributed by atoms with E-state index in [1.54, 1.807) is 0 Å². The first-order valence-electron chi connectivity index (χ1n) is 5.38. The highest BCUT2D eigenvalue weighted by atomic mass is 16.5. The number of rotatable bonds is 4. The molecule has 0 aromatic heterocycles. The molecule has 1 N–H and O–H groups in total. The molecule has 0 fully saturated rings. The van der Waals surface area contributed by atoms with Crippen molar-refractivity contribution in [1.29, 1.82) is 0 Å². The molecule has 0 amide bonds. The summed E-state index contributed by atoms with van der Waals surface area (Å²) in [5.41, 5.74) is 3.05. The van der Waals surface area contributed by atoms with Crippen LogP contribution in [0.25, 0.3) is 0 Å². The van der Waals surface area contributed by atoms with Gasteiger partial charge in [-0.1, -0.05) is 30.3 Å². The smallest absolute Gasteiger partial charge is 0.334 e. The Hall–Kier alpha value is -1.61. The molecule has 0 radical (unpaired) electrons. The molecule has 0 saturated carbocycles. The van der Waals surface area contributed by atoms with Gasteiger partial charge in [-0.25, -0.2) is 4.79 Å². The first-order valence-corrected chi connectivity index (χ1v) is 5.38. The predicted molar refractivity (Wildman–Crippen MR) is 61.8 cm³/mol. The van der Waals surface area contributed by atoms with E-state index in [0.717, 1.165) is 17.7 Å². The summed E-state index contributed by atoms with van der Waals surface area (Å²) >= 11 is 0. The van der Waals surface area contributed by atoms with Crippen LogP contribution in [-0.4, -0.2) is 19.1 Å². The topological polar surface area (TPSA) is 38.3 Å². The van der Waals surface area contributed by atoms with Gasteiger partial charge in [0, 0.05) is 18.7 Å². The Morgan fingerprint density at radius 3 is 2.62 bits per heavy atom. The number of cyclic esters (lactones) is 1. The molecule has 16 heavy (non-hydrogen) atoms. The van der Waals surface area contributed by atoms with Crippen molar-refractivity contribution >= 4 is 5.97 Å². The predicted octanol–water partition coefficient (Wildman–Crippen LogP) is 1.65. The summed E-state index contributed by atoms with van der Waals surface area (Å²) in [6, 6.07) is 10.2. The van der Waals surface area contributed by atoms with Crippen LogP contribution in [-0.2, 0) is 16.1 Å². The number of carbonyl (C=O) groups excluding carboxylic acids is 1. The Bertz CT molecular complexity index is 409. The molecule has 1 aromatic rings. The lowest BCUT2D eigenvalue weighted by molar-refractivity contribution is -0.135. The fourth-order valence-corrected chi connectivity index (χ4v) is 1.65. The van der Waals surface area contributed by atoms with Crippen molar-refractivity contribution in [2.45, 2.75) is 13.5 Å². The molecule has 0 aliphatic carbocycles. The van der Waals surface area contributed by atoms with E-state index in [-0.39, 0.29) is 5.97 Å². The molecule has 1 aromatic carbocycles. The molecular formula is C13H15NO2. The number of esters is 1. The van der Waals surface area contributed by atoms with Crippen LogP contribution in [0.5, 0.6) is 0 Å². The summed E-state index contributed by atoms with van der Waals surface area (Å²) in [7, 11) is 0. The second-order valence-corrected chi connectivity index (χ2v) is 3.89. The fraction of sp³-hybridized carbons (Fsp3) is 0.308. The van der Waals surface area contributed by atoms with Gasteiger partial charge in [-0.05, 0) is 18.1 Å². The minimum absolute atomic E-state index is 0.184. The monoisotopic (exact) mass is 217 g/mol. The molecule has 0 saturated heterocycles. The van der Waals surface area contributed by atoms with Gasteiger partial charge in [0.25, 0.3) is 0 Å². The van der Waals surface area contributed by atoms with Gasteiger partial charge in [-0.2, -0.15) is 0 Å². The van der Waals surface area contributed by atoms with Gasteiger partial charge in [-0.15, -0.1) is 0 Å². The summed E-state index contributed by atoms with van der Waals surface area (Å²) in [5.74, 6) is -0.184. The Labute approximate surface area is 95.1 Å². The number of hydrogen-bond donors (Lipinski definition) is 1. The quantitative estimate of drug-likeness (QED) is 0.779. The second-order valence-electron chi connectivity index (χ2n) is 3.89. The van der Waals surface area contributed by atoms with Gasteiger partial charge in [0.2, 0.25) is 0 Å². The van der Waals surface area contributed by atoms with Crippen LogP contribution in [0.4, 0.5) is 0 Å². The minimum Gasteiger partial charge on any atom is -0.458 e. The molecule has 2 rings (SSSR count). The Morgan fingerprint density at radius 1 is 1.25 bits per heavy atom. The zero-order chi connectivity index (χ0) is 11.4. The molecule has 84 valence electrons. The molecule has 1 aliphatic heterocycles. The van der Waals surface area contributed by atoms with Gasteiger partial charge >= 0.3 is 5.97 Å². The van der Waals surface area contributed by atoms with Gasteiger partial charge in [0.05, 0.1) is 0 Å². The van der Waals surface area contributed by atoms with E-state index in [0.29, 0.717) is 13.2 Å². The highest BCUT2D eigenvalue weighted by Crippen LogP contribution is 2.14. The van der Waals surface area contributed by atoms with Crippen LogP contribution in [0.1, 0.15) is 12.5 Å². The lowest BCUT2D eigenvalue weighted by Crippen LogP contribution is -2.17. The van der Waals surface area contributed by atoms with Crippen LogP contribution in [0, 0.1) is 0 Å². The first kappa shape index (κ1) is 10.9. The maximum Gasteiger partial charge on any atom is 0.334 e. The summed E-state index contributed by atoms with van der Waals surface area (Å²) in [6.07, 6.45) is 0. The Morgan fingerprint density at radius 2 is 2.00 bits per heavy atom. The lowest BCUT2D eigenvalue weighted by Gasteiger charge is -2.05. The van der Waals surface area contributed by atoms with Crippen molar-refractivity contribution < 1.29 is 9.53 Å². The summed E-state index contributed by atoms with van der Waals surface area (Å²) in [6.45, 7) is 3.78.